The molecule has 1 atom stereocenters. The summed E-state index contributed by atoms with van der Waals surface area (Å²) in [7, 11) is 0. The Morgan fingerprint density at radius 1 is 1.40 bits per heavy atom. The first-order chi connectivity index (χ1) is 11.8. The topological polar surface area (TPSA) is 72.0 Å². The number of carbonyl (C=O) groups excluding carboxylic acids is 1. The molecule has 140 valence electrons. The van der Waals surface area contributed by atoms with Crippen LogP contribution in [0.25, 0.3) is 0 Å². The van der Waals surface area contributed by atoms with Crippen molar-refractivity contribution in [2.75, 3.05) is 23.5 Å². The quantitative estimate of drug-likeness (QED) is 0.0952. The van der Waals surface area contributed by atoms with Crippen LogP contribution in [-0.4, -0.2) is 36.0 Å². The third kappa shape index (κ3) is 8.46. The van der Waals surface area contributed by atoms with Crippen LogP contribution in [0.15, 0.2) is 29.4 Å². The van der Waals surface area contributed by atoms with Gasteiger partial charge in [-0.1, -0.05) is 29.1 Å². The maximum Gasteiger partial charge on any atom is 0.434 e. The highest BCUT2D eigenvalue weighted by molar-refractivity contribution is 8.15. The molecule has 0 radical (unpaired) electrons. The van der Waals surface area contributed by atoms with Crippen LogP contribution in [0.4, 0.5) is 10.5 Å². The number of anilines is 1. The molecule has 0 heterocycles. The molecule has 0 bridgehead atoms. The monoisotopic (exact) mass is 421 g/mol. The number of nitrogens with zero attached hydrogens (tertiary/aromatic N) is 1. The van der Waals surface area contributed by atoms with E-state index in [9.17, 15) is 4.79 Å². The van der Waals surface area contributed by atoms with Crippen LogP contribution in [0.3, 0.4) is 0 Å². The van der Waals surface area contributed by atoms with E-state index >= 15 is 0 Å². The number of benzene rings is 1. The van der Waals surface area contributed by atoms with Crippen molar-refractivity contribution in [3.05, 3.63) is 24.3 Å². The van der Waals surface area contributed by atoms with Crippen LogP contribution in [0.1, 0.15) is 20.8 Å². The Kier molecular flexibility index (Phi) is 9.89. The van der Waals surface area contributed by atoms with Crippen LogP contribution >= 0.6 is 30.0 Å². The second-order valence-electron chi connectivity index (χ2n) is 5.28. The van der Waals surface area contributed by atoms with Crippen molar-refractivity contribution in [1.82, 2.24) is 5.32 Å². The molecule has 6 nitrogen and oxygen atoms in total. The van der Waals surface area contributed by atoms with E-state index in [1.165, 1.54) is 23.7 Å². The Labute approximate surface area is 163 Å². The zero-order chi connectivity index (χ0) is 18.9. The summed E-state index contributed by atoms with van der Waals surface area (Å²) in [6.07, 6.45) is -0.779. The summed E-state index contributed by atoms with van der Waals surface area (Å²) < 4.78 is 9.16. The van der Waals surface area contributed by atoms with Crippen molar-refractivity contribution in [2.24, 2.45) is 5.16 Å². The molecule has 10 heteroatoms. The molecule has 1 aromatic carbocycles. The lowest BCUT2D eigenvalue weighted by molar-refractivity contribution is 0.153. The van der Waals surface area contributed by atoms with E-state index < -0.39 is 12.4 Å². The van der Waals surface area contributed by atoms with Crippen molar-refractivity contribution in [3.63, 3.8) is 0 Å². The van der Waals surface area contributed by atoms with E-state index in [1.807, 2.05) is 51.0 Å². The van der Waals surface area contributed by atoms with Crippen molar-refractivity contribution in [2.45, 2.75) is 26.9 Å². The van der Waals surface area contributed by atoms with Crippen LogP contribution in [0, 0.1) is 0 Å². The Morgan fingerprint density at radius 3 is 2.72 bits per heavy atom. The smallest absolute Gasteiger partial charge is 0.344 e. The first-order valence-electron chi connectivity index (χ1n) is 7.53. The Morgan fingerprint density at radius 2 is 2.08 bits per heavy atom. The summed E-state index contributed by atoms with van der Waals surface area (Å²) in [6.45, 7) is 7.69. The van der Waals surface area contributed by atoms with E-state index in [0.29, 0.717) is 10.9 Å². The van der Waals surface area contributed by atoms with Crippen LogP contribution in [0.2, 0.25) is 0 Å². The molecule has 0 fully saturated rings. The normalized spacial score (nSPS) is 14.1. The number of nitrogens with one attached hydrogen (secondary N) is 2. The molecule has 1 amide bonds. The van der Waals surface area contributed by atoms with Crippen molar-refractivity contribution in [3.8, 4) is 0 Å². The highest BCUT2D eigenvalue weighted by atomic mass is 32.4. The van der Waals surface area contributed by atoms with Gasteiger partial charge in [-0.3, -0.25) is 4.84 Å². The number of hydrogen-bond donors (Lipinski definition) is 2. The highest BCUT2D eigenvalue weighted by Gasteiger charge is 2.19. The fourth-order valence-electron chi connectivity index (χ4n) is 1.76. The lowest BCUT2D eigenvalue weighted by atomic mass is 10.3. The number of oxime groups is 1. The van der Waals surface area contributed by atoms with Crippen LogP contribution in [0.5, 0.6) is 0 Å². The minimum absolute atomic E-state index is 0.0678. The van der Waals surface area contributed by atoms with Gasteiger partial charge in [0.1, 0.15) is 5.04 Å². The molecular weight excluding hydrogens is 397 g/mol. The Balaban J connectivity index is 2.56. The van der Waals surface area contributed by atoms with Gasteiger partial charge in [0.15, 0.2) is 0 Å². The first-order valence-corrected chi connectivity index (χ1v) is 12.9. The highest BCUT2D eigenvalue weighted by Crippen LogP contribution is 2.45. The second kappa shape index (κ2) is 11.1. The van der Waals surface area contributed by atoms with Gasteiger partial charge in [-0.05, 0) is 57.8 Å². The first kappa shape index (κ1) is 22.3. The van der Waals surface area contributed by atoms with Gasteiger partial charge in [0, 0.05) is 5.30 Å². The lowest BCUT2D eigenvalue weighted by Crippen LogP contribution is -2.23. The van der Waals surface area contributed by atoms with Crippen molar-refractivity contribution < 1.29 is 14.2 Å². The van der Waals surface area contributed by atoms with E-state index in [4.69, 9.17) is 21.2 Å². The molecule has 0 saturated carbocycles. The average Bonchev–Trinajstić information content (AvgIpc) is 2.55. The number of hydrogen-bond acceptors (Lipinski definition) is 8. The molecule has 2 N–H and O–H groups in total. The molecular formula is C15H24N3O3PS3. The Bertz CT molecular complexity index is 656. The molecule has 0 aliphatic carbocycles. The van der Waals surface area contributed by atoms with E-state index in [2.05, 4.69) is 15.2 Å². The third-order valence-electron chi connectivity index (χ3n) is 2.78. The summed E-state index contributed by atoms with van der Waals surface area (Å²) in [4.78, 5) is 16.2. The summed E-state index contributed by atoms with van der Waals surface area (Å²) in [5.74, 6) is 0.318. The van der Waals surface area contributed by atoms with Gasteiger partial charge in [-0.25, -0.2) is 4.79 Å². The zero-order valence-electron chi connectivity index (χ0n) is 14.9. The number of carbonyl (C=O) groups is 1. The van der Waals surface area contributed by atoms with Gasteiger partial charge in [-0.2, -0.15) is 0 Å². The molecule has 1 unspecified atom stereocenters. The molecule has 0 aromatic heterocycles. The summed E-state index contributed by atoms with van der Waals surface area (Å²) in [5.41, 5.74) is 0.894. The zero-order valence-corrected chi connectivity index (χ0v) is 18.3. The van der Waals surface area contributed by atoms with E-state index in [-0.39, 0.29) is 6.10 Å². The SMILES string of the molecule is CSC(C)=NOC(=O)NCSNc1ccccc1P(C)(=S)OC(C)C. The molecule has 1 aromatic rings. The van der Waals surface area contributed by atoms with Crippen molar-refractivity contribution >= 4 is 63.9 Å². The van der Waals surface area contributed by atoms with Gasteiger partial charge < -0.3 is 14.6 Å². The summed E-state index contributed by atoms with van der Waals surface area (Å²) in [6, 6.07) is 7.80. The number of amides is 1. The van der Waals surface area contributed by atoms with Gasteiger partial charge in [-0.15, -0.1) is 11.8 Å². The number of thioether (sulfide) groups is 1. The van der Waals surface area contributed by atoms with Gasteiger partial charge in [0.05, 0.1) is 23.9 Å². The molecule has 0 aliphatic rings. The summed E-state index contributed by atoms with van der Waals surface area (Å²) in [5, 5.41) is 7.92. The largest absolute Gasteiger partial charge is 0.434 e. The standard InChI is InChI=1S/C15H24N3O3PS3/c1-11(2)21-22(4,23)14-9-7-6-8-13(14)18-25-10-16-15(19)20-17-12(3)24-5/h6-9,11,18H,10H2,1-5H3,(H,16,19). The van der Waals surface area contributed by atoms with Crippen LogP contribution in [-0.2, 0) is 21.2 Å². The van der Waals surface area contributed by atoms with E-state index in [0.717, 1.165) is 11.0 Å². The average molecular weight is 422 g/mol. The molecule has 0 spiro atoms. The lowest BCUT2D eigenvalue weighted by Gasteiger charge is -2.23. The molecule has 0 aliphatic heterocycles. The minimum atomic E-state index is -2.11. The second-order valence-corrected chi connectivity index (χ2v) is 11.5. The fraction of sp³-hybridized carbons (Fsp3) is 0.467. The maximum absolute atomic E-state index is 11.5. The fourth-order valence-corrected chi connectivity index (χ4v) is 5.38. The molecule has 1 rings (SSSR count). The van der Waals surface area contributed by atoms with Gasteiger partial charge in [0.25, 0.3) is 0 Å². The summed E-state index contributed by atoms with van der Waals surface area (Å²) >= 11 is 8.43. The van der Waals surface area contributed by atoms with Gasteiger partial charge in [0.2, 0.25) is 0 Å². The maximum atomic E-state index is 11.5. The van der Waals surface area contributed by atoms with Crippen LogP contribution < -0.4 is 15.3 Å². The molecule has 0 saturated heterocycles. The predicted octanol–water partition coefficient (Wildman–Crippen LogP) is 4.20. The predicted molar refractivity (Wildman–Crippen MR) is 115 cm³/mol. The molecule has 25 heavy (non-hydrogen) atoms. The van der Waals surface area contributed by atoms with Crippen molar-refractivity contribution in [1.29, 1.82) is 0 Å². The Hall–Kier alpha value is -0.730. The third-order valence-corrected chi connectivity index (χ3v) is 7.03. The minimum Gasteiger partial charge on any atom is -0.344 e. The number of rotatable bonds is 8. The number of para-hydroxylation sites is 1. The van der Waals surface area contributed by atoms with E-state index in [1.54, 1.807) is 6.92 Å². The van der Waals surface area contributed by atoms with Gasteiger partial charge >= 0.3 is 6.09 Å².